The molecule has 0 radical (unpaired) electrons. The highest BCUT2D eigenvalue weighted by Gasteiger charge is 2.27. The molecule has 0 saturated carbocycles. The molecule has 196 valence electrons. The topological polar surface area (TPSA) is 152 Å². The van der Waals surface area contributed by atoms with E-state index >= 15 is 0 Å². The third-order valence-corrected chi connectivity index (χ3v) is 7.60. The molecule has 2 aromatic carbocycles. The van der Waals surface area contributed by atoms with Crippen LogP contribution in [0.15, 0.2) is 77.5 Å². The molecule has 13 heteroatoms. The highest BCUT2D eigenvalue weighted by Crippen LogP contribution is 2.26. The largest absolute Gasteiger partial charge is 0.497 e. The van der Waals surface area contributed by atoms with Crippen LogP contribution in [0.1, 0.15) is 15.9 Å². The monoisotopic (exact) mass is 552 g/mol. The predicted octanol–water partition coefficient (Wildman–Crippen LogP) is 2.63. The maximum atomic E-state index is 13.2. The molecule has 1 atom stereocenters. The van der Waals surface area contributed by atoms with E-state index in [1.54, 1.807) is 36.8 Å². The molecule has 0 spiro atoms. The lowest BCUT2D eigenvalue weighted by Crippen LogP contribution is -2.50. The number of nitrogens with one attached hydrogen (secondary N) is 3. The van der Waals surface area contributed by atoms with Gasteiger partial charge >= 0.3 is 0 Å². The van der Waals surface area contributed by atoms with Gasteiger partial charge in [0.05, 0.1) is 23.3 Å². The van der Waals surface area contributed by atoms with E-state index < -0.39 is 27.9 Å². The van der Waals surface area contributed by atoms with Crippen molar-refractivity contribution in [3.05, 3.63) is 83.8 Å². The minimum Gasteiger partial charge on any atom is -0.497 e. The Bertz CT molecular complexity index is 1510. The van der Waals surface area contributed by atoms with E-state index in [4.69, 9.17) is 4.74 Å². The zero-order valence-electron chi connectivity index (χ0n) is 20.4. The van der Waals surface area contributed by atoms with Crippen molar-refractivity contribution in [2.75, 3.05) is 19.0 Å². The normalized spacial score (nSPS) is 11.9. The zero-order chi connectivity index (χ0) is 27.1. The van der Waals surface area contributed by atoms with Gasteiger partial charge in [0.25, 0.3) is 5.91 Å². The van der Waals surface area contributed by atoms with Crippen LogP contribution in [0, 0.1) is 6.92 Å². The summed E-state index contributed by atoms with van der Waals surface area (Å²) in [5, 5.41) is 7.23. The van der Waals surface area contributed by atoms with Crippen molar-refractivity contribution in [3.8, 4) is 17.0 Å². The number of sulfonamides is 1. The highest BCUT2D eigenvalue weighted by molar-refractivity contribution is 7.89. The minimum absolute atomic E-state index is 0.0141. The molecule has 2 aromatic heterocycles. The molecule has 0 fully saturated rings. The minimum atomic E-state index is -4.09. The van der Waals surface area contributed by atoms with Crippen LogP contribution in [-0.4, -0.2) is 54.9 Å². The number of rotatable bonds is 10. The van der Waals surface area contributed by atoms with Crippen LogP contribution in [-0.2, 0) is 14.8 Å². The van der Waals surface area contributed by atoms with Gasteiger partial charge in [0.1, 0.15) is 18.1 Å². The van der Waals surface area contributed by atoms with Gasteiger partial charge in [-0.15, -0.1) is 11.3 Å². The number of hydrogen-bond acceptors (Lipinski definition) is 9. The number of thiazole rings is 1. The van der Waals surface area contributed by atoms with Gasteiger partial charge < -0.3 is 15.4 Å². The van der Waals surface area contributed by atoms with Crippen molar-refractivity contribution < 1.29 is 22.7 Å². The van der Waals surface area contributed by atoms with Crippen molar-refractivity contribution in [1.29, 1.82) is 0 Å². The second-order valence-corrected chi connectivity index (χ2v) is 10.7. The number of aryl methyl sites for hydroxylation is 1. The Labute approximate surface area is 223 Å². The summed E-state index contributed by atoms with van der Waals surface area (Å²) in [5.74, 6) is -0.555. The third-order valence-electron chi connectivity index (χ3n) is 5.35. The second kappa shape index (κ2) is 11.9. The summed E-state index contributed by atoms with van der Waals surface area (Å²) in [4.78, 5) is 37.7. The SMILES string of the molecule is COc1ccc(-c2csc(NC(=O)[C@H](CNC(=O)c3cncnc3)NS(=O)(=O)c3ccc(C)cc3)n2)cc1. The van der Waals surface area contributed by atoms with Crippen LogP contribution in [0.3, 0.4) is 0 Å². The summed E-state index contributed by atoms with van der Waals surface area (Å²) in [5.41, 5.74) is 2.49. The zero-order valence-corrected chi connectivity index (χ0v) is 22.0. The summed E-state index contributed by atoms with van der Waals surface area (Å²) in [6, 6.07) is 12.1. The smallest absolute Gasteiger partial charge is 0.254 e. The lowest BCUT2D eigenvalue weighted by Gasteiger charge is -2.18. The number of benzene rings is 2. The molecule has 11 nitrogen and oxygen atoms in total. The Kier molecular flexibility index (Phi) is 8.41. The quantitative estimate of drug-likeness (QED) is 0.272. The number of hydrogen-bond donors (Lipinski definition) is 3. The molecule has 3 N–H and O–H groups in total. The number of anilines is 1. The van der Waals surface area contributed by atoms with Crippen LogP contribution in [0.5, 0.6) is 5.75 Å². The first-order chi connectivity index (χ1) is 18.2. The first-order valence-corrected chi connectivity index (χ1v) is 13.6. The summed E-state index contributed by atoms with van der Waals surface area (Å²) < 4.78 is 33.6. The molecule has 0 unspecified atom stereocenters. The van der Waals surface area contributed by atoms with E-state index in [0.29, 0.717) is 11.4 Å². The fourth-order valence-electron chi connectivity index (χ4n) is 3.29. The molecule has 0 aliphatic heterocycles. The molecule has 0 saturated heterocycles. The lowest BCUT2D eigenvalue weighted by molar-refractivity contribution is -0.117. The molecule has 0 bridgehead atoms. The van der Waals surface area contributed by atoms with E-state index in [1.807, 2.05) is 19.1 Å². The summed E-state index contributed by atoms with van der Waals surface area (Å²) in [6.07, 6.45) is 3.89. The summed E-state index contributed by atoms with van der Waals surface area (Å²) in [6.45, 7) is 1.50. The van der Waals surface area contributed by atoms with E-state index in [9.17, 15) is 18.0 Å². The van der Waals surface area contributed by atoms with E-state index in [2.05, 4.69) is 30.3 Å². The molecular weight excluding hydrogens is 528 g/mol. The number of carbonyl (C=O) groups excluding carboxylic acids is 2. The van der Waals surface area contributed by atoms with E-state index in [1.165, 1.54) is 42.2 Å². The molecular formula is C25H24N6O5S2. The second-order valence-electron chi connectivity index (χ2n) is 8.08. The summed E-state index contributed by atoms with van der Waals surface area (Å²) >= 11 is 1.18. The fraction of sp³-hybridized carbons (Fsp3) is 0.160. The van der Waals surface area contributed by atoms with Gasteiger partial charge in [-0.25, -0.2) is 23.4 Å². The van der Waals surface area contributed by atoms with Gasteiger partial charge in [-0.1, -0.05) is 17.7 Å². The molecule has 4 rings (SSSR count). The first kappa shape index (κ1) is 26.9. The van der Waals surface area contributed by atoms with Crippen molar-refractivity contribution in [3.63, 3.8) is 0 Å². The van der Waals surface area contributed by atoms with Gasteiger partial charge in [0.2, 0.25) is 15.9 Å². The fourth-order valence-corrected chi connectivity index (χ4v) is 5.21. The molecule has 0 aliphatic rings. The molecule has 38 heavy (non-hydrogen) atoms. The maximum Gasteiger partial charge on any atom is 0.254 e. The van der Waals surface area contributed by atoms with Crippen LogP contribution < -0.4 is 20.1 Å². The third kappa shape index (κ3) is 6.76. The Morgan fingerprint density at radius 2 is 1.71 bits per heavy atom. The van der Waals surface area contributed by atoms with Crippen LogP contribution in [0.25, 0.3) is 11.3 Å². The average Bonchev–Trinajstić information content (AvgIpc) is 3.40. The summed E-state index contributed by atoms with van der Waals surface area (Å²) in [7, 11) is -2.51. The van der Waals surface area contributed by atoms with Gasteiger partial charge in [0.15, 0.2) is 5.13 Å². The van der Waals surface area contributed by atoms with Crippen molar-refractivity contribution in [2.24, 2.45) is 0 Å². The average molecular weight is 553 g/mol. The van der Waals surface area contributed by atoms with Gasteiger partial charge in [-0.05, 0) is 43.3 Å². The van der Waals surface area contributed by atoms with Crippen molar-refractivity contribution in [1.82, 2.24) is 25.0 Å². The number of nitrogens with zero attached hydrogens (tertiary/aromatic N) is 3. The van der Waals surface area contributed by atoms with Gasteiger partial charge in [0, 0.05) is 29.9 Å². The molecule has 4 aromatic rings. The van der Waals surface area contributed by atoms with E-state index in [0.717, 1.165) is 11.1 Å². The Morgan fingerprint density at radius 1 is 1.03 bits per heavy atom. The first-order valence-electron chi connectivity index (χ1n) is 11.3. The number of amides is 2. The van der Waals surface area contributed by atoms with Crippen LogP contribution in [0.2, 0.25) is 0 Å². The number of aromatic nitrogens is 3. The highest BCUT2D eigenvalue weighted by atomic mass is 32.2. The number of methoxy groups -OCH3 is 1. The lowest BCUT2D eigenvalue weighted by atomic mass is 10.2. The van der Waals surface area contributed by atoms with Gasteiger partial charge in [-0.2, -0.15) is 4.72 Å². The van der Waals surface area contributed by atoms with Gasteiger partial charge in [-0.3, -0.25) is 9.59 Å². The Hall–Kier alpha value is -4.20. The van der Waals surface area contributed by atoms with Crippen LogP contribution in [0.4, 0.5) is 5.13 Å². The molecule has 0 aliphatic carbocycles. The Balaban J connectivity index is 1.51. The standard InChI is InChI=1S/C25H24N6O5S2/c1-16-3-9-20(10-4-16)38(34,35)31-21(13-28-23(32)18-11-26-15-27-12-18)24(33)30-25-29-22(14-37-25)17-5-7-19(36-2)8-6-17/h3-12,14-15,21,31H,13H2,1-2H3,(H,28,32)(H,29,30,33)/t21-/m0/s1. The van der Waals surface area contributed by atoms with Crippen LogP contribution >= 0.6 is 11.3 Å². The van der Waals surface area contributed by atoms with Crippen molar-refractivity contribution in [2.45, 2.75) is 17.9 Å². The predicted molar refractivity (Wildman–Crippen MR) is 142 cm³/mol. The van der Waals surface area contributed by atoms with Crippen molar-refractivity contribution >= 4 is 38.3 Å². The van der Waals surface area contributed by atoms with E-state index in [-0.39, 0.29) is 22.1 Å². The number of carbonyl (C=O) groups is 2. The maximum absolute atomic E-state index is 13.2. The molecule has 2 amide bonds. The Morgan fingerprint density at radius 3 is 2.37 bits per heavy atom. The number of ether oxygens (including phenoxy) is 1. The molecule has 2 heterocycles.